The summed E-state index contributed by atoms with van der Waals surface area (Å²) in [5.41, 5.74) is 1.03. The van der Waals surface area contributed by atoms with Gasteiger partial charge in [0.1, 0.15) is 5.82 Å². The fourth-order valence-electron chi connectivity index (χ4n) is 3.31. The second-order valence-corrected chi connectivity index (χ2v) is 5.76. The third kappa shape index (κ3) is 4.03. The second-order valence-electron chi connectivity index (χ2n) is 5.76. The van der Waals surface area contributed by atoms with Gasteiger partial charge >= 0.3 is 5.97 Å². The number of methoxy groups -OCH3 is 1. The van der Waals surface area contributed by atoms with Crippen LogP contribution in [0.1, 0.15) is 38.2 Å². The molecule has 21 heavy (non-hydrogen) atoms. The highest BCUT2D eigenvalue weighted by Gasteiger charge is 2.36. The van der Waals surface area contributed by atoms with Crippen molar-refractivity contribution in [2.24, 2.45) is 11.8 Å². The maximum atomic E-state index is 12.9. The van der Waals surface area contributed by atoms with Crippen molar-refractivity contribution in [2.45, 2.75) is 45.2 Å². The van der Waals surface area contributed by atoms with Gasteiger partial charge in [-0.15, -0.1) is 0 Å². The molecule has 0 aliphatic heterocycles. The molecule has 1 saturated carbocycles. The summed E-state index contributed by atoms with van der Waals surface area (Å²) in [5.74, 6) is 0.0671. The number of carbonyl (C=O) groups is 1. The van der Waals surface area contributed by atoms with Crippen molar-refractivity contribution in [3.63, 3.8) is 0 Å². The van der Waals surface area contributed by atoms with Crippen LogP contribution in [-0.2, 0) is 16.1 Å². The minimum atomic E-state index is -0.227. The molecule has 1 fully saturated rings. The molecule has 0 spiro atoms. The average Bonchev–Trinajstić information content (AvgIpc) is 2.53. The summed E-state index contributed by atoms with van der Waals surface area (Å²) in [4.78, 5) is 12.0. The third-order valence-corrected chi connectivity index (χ3v) is 4.51. The number of carbonyl (C=O) groups excluding carboxylic acids is 1. The van der Waals surface area contributed by atoms with Gasteiger partial charge in [0.15, 0.2) is 0 Å². The quantitative estimate of drug-likeness (QED) is 0.847. The van der Waals surface area contributed by atoms with Crippen LogP contribution in [0.25, 0.3) is 0 Å². The van der Waals surface area contributed by atoms with E-state index in [1.807, 2.05) is 0 Å². The van der Waals surface area contributed by atoms with Crippen molar-refractivity contribution in [2.75, 3.05) is 7.11 Å². The van der Waals surface area contributed by atoms with Crippen molar-refractivity contribution in [3.8, 4) is 0 Å². The second kappa shape index (κ2) is 7.55. The molecule has 1 aliphatic rings. The molecule has 0 aromatic heterocycles. The molecule has 0 bridgehead atoms. The monoisotopic (exact) mass is 293 g/mol. The molecule has 1 aliphatic carbocycles. The van der Waals surface area contributed by atoms with Crippen LogP contribution in [0.15, 0.2) is 24.3 Å². The Morgan fingerprint density at radius 1 is 1.33 bits per heavy atom. The van der Waals surface area contributed by atoms with E-state index < -0.39 is 0 Å². The van der Waals surface area contributed by atoms with Gasteiger partial charge in [0.25, 0.3) is 0 Å². The fourth-order valence-corrected chi connectivity index (χ4v) is 3.31. The molecule has 1 N–H and O–H groups in total. The SMILES string of the molecule is CCC1CCC[C@H](C(=O)OC)[C@@H]1NCc1ccc(F)cc1. The molecule has 116 valence electrons. The van der Waals surface area contributed by atoms with Crippen LogP contribution in [0.2, 0.25) is 0 Å². The van der Waals surface area contributed by atoms with Gasteiger partial charge in [-0.05, 0) is 36.5 Å². The number of benzene rings is 1. The van der Waals surface area contributed by atoms with E-state index in [0.29, 0.717) is 12.5 Å². The standard InChI is InChI=1S/C17H24FNO2/c1-3-13-5-4-6-15(17(20)21-2)16(13)19-11-12-7-9-14(18)10-8-12/h7-10,13,15-16,19H,3-6,11H2,1-2H3/t13?,15-,16+/m0/s1. The van der Waals surface area contributed by atoms with Crippen molar-refractivity contribution < 1.29 is 13.9 Å². The number of ether oxygens (including phenoxy) is 1. The molecule has 3 nitrogen and oxygen atoms in total. The highest BCUT2D eigenvalue weighted by atomic mass is 19.1. The Hall–Kier alpha value is -1.42. The van der Waals surface area contributed by atoms with Gasteiger partial charge in [-0.25, -0.2) is 4.39 Å². The van der Waals surface area contributed by atoms with Crippen molar-refractivity contribution in [3.05, 3.63) is 35.6 Å². The lowest BCUT2D eigenvalue weighted by molar-refractivity contribution is -0.148. The van der Waals surface area contributed by atoms with Gasteiger partial charge < -0.3 is 10.1 Å². The third-order valence-electron chi connectivity index (χ3n) is 4.51. The van der Waals surface area contributed by atoms with Gasteiger partial charge in [0.2, 0.25) is 0 Å². The highest BCUT2D eigenvalue weighted by molar-refractivity contribution is 5.73. The van der Waals surface area contributed by atoms with E-state index in [1.165, 1.54) is 19.2 Å². The largest absolute Gasteiger partial charge is 0.469 e. The topological polar surface area (TPSA) is 38.3 Å². The summed E-state index contributed by atoms with van der Waals surface area (Å²) in [6, 6.07) is 6.62. The molecular weight excluding hydrogens is 269 g/mol. The van der Waals surface area contributed by atoms with Crippen LogP contribution < -0.4 is 5.32 Å². The van der Waals surface area contributed by atoms with Crippen molar-refractivity contribution >= 4 is 5.97 Å². The first kappa shape index (κ1) is 16.0. The Bertz CT molecular complexity index is 460. The summed E-state index contributed by atoms with van der Waals surface area (Å²) < 4.78 is 17.9. The molecular formula is C17H24FNO2. The zero-order valence-corrected chi connectivity index (χ0v) is 12.8. The van der Waals surface area contributed by atoms with E-state index in [-0.39, 0.29) is 23.7 Å². The lowest BCUT2D eigenvalue weighted by atomic mass is 9.75. The molecule has 3 atom stereocenters. The normalized spacial score (nSPS) is 25.6. The number of halogens is 1. The lowest BCUT2D eigenvalue weighted by Crippen LogP contribution is -2.47. The Morgan fingerprint density at radius 3 is 2.67 bits per heavy atom. The summed E-state index contributed by atoms with van der Waals surface area (Å²) in [6.07, 6.45) is 4.15. The van der Waals surface area contributed by atoms with Gasteiger partial charge in [0.05, 0.1) is 13.0 Å². The van der Waals surface area contributed by atoms with Crippen molar-refractivity contribution in [1.29, 1.82) is 0 Å². The number of hydrogen-bond acceptors (Lipinski definition) is 3. The summed E-state index contributed by atoms with van der Waals surface area (Å²) in [6.45, 7) is 2.81. The molecule has 1 unspecified atom stereocenters. The van der Waals surface area contributed by atoms with Crippen LogP contribution in [-0.4, -0.2) is 19.1 Å². The number of esters is 1. The molecule has 1 aromatic rings. The summed E-state index contributed by atoms with van der Waals surface area (Å²) in [7, 11) is 1.45. The minimum absolute atomic E-state index is 0.0749. The zero-order chi connectivity index (χ0) is 15.2. The highest BCUT2D eigenvalue weighted by Crippen LogP contribution is 2.32. The van der Waals surface area contributed by atoms with E-state index in [9.17, 15) is 9.18 Å². The number of hydrogen-bond donors (Lipinski definition) is 1. The summed E-state index contributed by atoms with van der Waals surface area (Å²) in [5, 5.41) is 3.50. The van der Waals surface area contributed by atoms with Gasteiger partial charge in [-0.2, -0.15) is 0 Å². The van der Waals surface area contributed by atoms with E-state index in [4.69, 9.17) is 4.74 Å². The first-order chi connectivity index (χ1) is 10.2. The smallest absolute Gasteiger partial charge is 0.310 e. The molecule has 4 heteroatoms. The zero-order valence-electron chi connectivity index (χ0n) is 12.8. The molecule has 0 radical (unpaired) electrons. The van der Waals surface area contributed by atoms with Crippen LogP contribution in [0, 0.1) is 17.7 Å². The number of nitrogens with one attached hydrogen (secondary N) is 1. The summed E-state index contributed by atoms with van der Waals surface area (Å²) >= 11 is 0. The van der Waals surface area contributed by atoms with Crippen LogP contribution in [0.4, 0.5) is 4.39 Å². The Balaban J connectivity index is 2.04. The maximum absolute atomic E-state index is 12.9. The van der Waals surface area contributed by atoms with Gasteiger partial charge in [-0.3, -0.25) is 4.79 Å². The predicted octanol–water partition coefficient (Wildman–Crippen LogP) is 3.28. The average molecular weight is 293 g/mol. The first-order valence-electron chi connectivity index (χ1n) is 7.71. The number of rotatable bonds is 5. The van der Waals surface area contributed by atoms with Gasteiger partial charge in [-0.1, -0.05) is 31.9 Å². The van der Waals surface area contributed by atoms with E-state index in [0.717, 1.165) is 31.2 Å². The Labute approximate surface area is 125 Å². The molecule has 1 aromatic carbocycles. The Kier molecular flexibility index (Phi) is 5.74. The first-order valence-corrected chi connectivity index (χ1v) is 7.71. The molecule has 0 amide bonds. The Morgan fingerprint density at radius 2 is 2.05 bits per heavy atom. The minimum Gasteiger partial charge on any atom is -0.469 e. The van der Waals surface area contributed by atoms with E-state index in [2.05, 4.69) is 12.2 Å². The predicted molar refractivity (Wildman–Crippen MR) is 80.2 cm³/mol. The lowest BCUT2D eigenvalue weighted by Gasteiger charge is -2.37. The molecule has 0 heterocycles. The van der Waals surface area contributed by atoms with Crippen molar-refractivity contribution in [1.82, 2.24) is 5.32 Å². The van der Waals surface area contributed by atoms with Crippen LogP contribution in [0.3, 0.4) is 0 Å². The van der Waals surface area contributed by atoms with Crippen LogP contribution >= 0.6 is 0 Å². The van der Waals surface area contributed by atoms with Gasteiger partial charge in [0, 0.05) is 12.6 Å². The van der Waals surface area contributed by atoms with Crippen LogP contribution in [0.5, 0.6) is 0 Å². The molecule has 2 rings (SSSR count). The van der Waals surface area contributed by atoms with E-state index in [1.54, 1.807) is 12.1 Å². The molecule has 0 saturated heterocycles. The van der Waals surface area contributed by atoms with E-state index >= 15 is 0 Å². The maximum Gasteiger partial charge on any atom is 0.310 e. The fraction of sp³-hybridized carbons (Fsp3) is 0.588.